The van der Waals surface area contributed by atoms with Gasteiger partial charge in [-0.1, -0.05) is 17.5 Å². The van der Waals surface area contributed by atoms with E-state index in [2.05, 4.69) is 39.1 Å². The van der Waals surface area contributed by atoms with Crippen LogP contribution in [0.1, 0.15) is 0 Å². The molecule has 2 N–H and O–H groups in total. The lowest BCUT2D eigenvalue weighted by Gasteiger charge is -2.07. The fourth-order valence-electron chi connectivity index (χ4n) is 1.03. The van der Waals surface area contributed by atoms with Crippen LogP contribution in [0.25, 0.3) is 0 Å². The van der Waals surface area contributed by atoms with Crippen LogP contribution in [0.3, 0.4) is 0 Å². The topological polar surface area (TPSA) is 41.1 Å². The summed E-state index contributed by atoms with van der Waals surface area (Å²) < 4.78 is 1.02. The summed E-state index contributed by atoms with van der Waals surface area (Å²) in [4.78, 5) is 11.4. The van der Waals surface area contributed by atoms with Crippen LogP contribution in [0.2, 0.25) is 5.02 Å². The molecule has 3 nitrogen and oxygen atoms in total. The van der Waals surface area contributed by atoms with Gasteiger partial charge in [-0.2, -0.15) is 0 Å². The van der Waals surface area contributed by atoms with Crippen molar-refractivity contribution in [2.45, 2.75) is 0 Å². The second-order valence-corrected chi connectivity index (χ2v) is 4.63. The van der Waals surface area contributed by atoms with E-state index in [4.69, 9.17) is 18.0 Å². The highest BCUT2D eigenvalue weighted by Gasteiger charge is 2.05. The average Bonchev–Trinajstić information content (AvgIpc) is 2.23. The number of anilines is 1. The third-order valence-electron chi connectivity index (χ3n) is 1.72. The molecule has 16 heavy (non-hydrogen) atoms. The molecule has 0 atom stereocenters. The Morgan fingerprint density at radius 2 is 2.31 bits per heavy atom. The van der Waals surface area contributed by atoms with Gasteiger partial charge in [-0.05, 0) is 40.8 Å². The quantitative estimate of drug-likeness (QED) is 0.497. The van der Waals surface area contributed by atoms with Crippen molar-refractivity contribution in [3.8, 4) is 12.3 Å². The van der Waals surface area contributed by atoms with Gasteiger partial charge < -0.3 is 5.32 Å². The Balaban J connectivity index is 2.53. The zero-order valence-corrected chi connectivity index (χ0v) is 11.3. The van der Waals surface area contributed by atoms with Gasteiger partial charge in [0.05, 0.1) is 23.8 Å². The lowest BCUT2D eigenvalue weighted by Crippen LogP contribution is -2.28. The van der Waals surface area contributed by atoms with Crippen LogP contribution in [0, 0.1) is 15.9 Å². The molecule has 1 aromatic carbocycles. The molecule has 0 aliphatic rings. The molecular weight excluding hydrogens is 338 g/mol. The molecule has 1 aromatic rings. The van der Waals surface area contributed by atoms with Crippen molar-refractivity contribution >= 4 is 45.8 Å². The van der Waals surface area contributed by atoms with Crippen molar-refractivity contribution in [3.05, 3.63) is 26.8 Å². The Labute approximate surface area is 113 Å². The number of rotatable bonds is 4. The van der Waals surface area contributed by atoms with Crippen LogP contribution in [0.4, 0.5) is 5.69 Å². The minimum Gasteiger partial charge on any atom is -0.324 e. The molecule has 5 heteroatoms. The number of hydrogen-bond donors (Lipinski definition) is 2. The maximum atomic E-state index is 11.4. The smallest absolute Gasteiger partial charge is 0.238 e. The zero-order chi connectivity index (χ0) is 12.0. The van der Waals surface area contributed by atoms with E-state index in [1.165, 1.54) is 0 Å². The molecule has 0 aliphatic heterocycles. The number of amides is 1. The van der Waals surface area contributed by atoms with Crippen LogP contribution >= 0.6 is 34.2 Å². The number of nitrogens with one attached hydrogen (secondary N) is 2. The third-order valence-corrected chi connectivity index (χ3v) is 2.70. The summed E-state index contributed by atoms with van der Waals surface area (Å²) in [7, 11) is 0. The van der Waals surface area contributed by atoms with Gasteiger partial charge in [-0.15, -0.1) is 6.42 Å². The summed E-state index contributed by atoms with van der Waals surface area (Å²) >= 11 is 8.11. The molecule has 0 saturated carbocycles. The monoisotopic (exact) mass is 348 g/mol. The summed E-state index contributed by atoms with van der Waals surface area (Å²) in [6.07, 6.45) is 5.04. The first-order valence-corrected chi connectivity index (χ1v) is 5.98. The van der Waals surface area contributed by atoms with E-state index < -0.39 is 0 Å². The Morgan fingerprint density at radius 3 is 2.94 bits per heavy atom. The number of terminal acetylenes is 1. The lowest BCUT2D eigenvalue weighted by atomic mass is 10.3. The summed E-state index contributed by atoms with van der Waals surface area (Å²) in [5.41, 5.74) is 0.606. The van der Waals surface area contributed by atoms with Gasteiger partial charge in [0, 0.05) is 3.57 Å². The highest BCUT2D eigenvalue weighted by atomic mass is 127. The molecule has 0 spiro atoms. The molecule has 0 unspecified atom stereocenters. The summed E-state index contributed by atoms with van der Waals surface area (Å²) in [5, 5.41) is 6.01. The van der Waals surface area contributed by atoms with Gasteiger partial charge in [-0.25, -0.2) is 0 Å². The molecule has 0 heterocycles. The van der Waals surface area contributed by atoms with Gasteiger partial charge in [0.1, 0.15) is 0 Å². The van der Waals surface area contributed by atoms with Crippen LogP contribution in [0.5, 0.6) is 0 Å². The van der Waals surface area contributed by atoms with E-state index >= 15 is 0 Å². The van der Waals surface area contributed by atoms with E-state index in [0.29, 0.717) is 17.3 Å². The van der Waals surface area contributed by atoms with Crippen molar-refractivity contribution in [2.75, 3.05) is 18.4 Å². The first-order chi connectivity index (χ1) is 7.63. The van der Waals surface area contributed by atoms with Crippen molar-refractivity contribution in [2.24, 2.45) is 0 Å². The SMILES string of the molecule is C#CCNCC(=O)Nc1ccc(I)cc1Cl. The van der Waals surface area contributed by atoms with Gasteiger partial charge in [0.2, 0.25) is 5.91 Å². The molecule has 1 rings (SSSR count). The number of hydrogen-bond acceptors (Lipinski definition) is 2. The van der Waals surface area contributed by atoms with Crippen LogP contribution in [0.15, 0.2) is 18.2 Å². The van der Waals surface area contributed by atoms with Gasteiger partial charge in [0.25, 0.3) is 0 Å². The molecule has 1 amide bonds. The maximum Gasteiger partial charge on any atom is 0.238 e. The Morgan fingerprint density at radius 1 is 1.56 bits per heavy atom. The molecule has 0 fully saturated rings. The van der Waals surface area contributed by atoms with E-state index in [0.717, 1.165) is 3.57 Å². The lowest BCUT2D eigenvalue weighted by molar-refractivity contribution is -0.115. The molecule has 0 aliphatic carbocycles. The second-order valence-electron chi connectivity index (χ2n) is 2.98. The van der Waals surface area contributed by atoms with Gasteiger partial charge >= 0.3 is 0 Å². The number of carbonyl (C=O) groups excluding carboxylic acids is 1. The van der Waals surface area contributed by atoms with Crippen LogP contribution in [-0.4, -0.2) is 19.0 Å². The van der Waals surface area contributed by atoms with Crippen LogP contribution in [-0.2, 0) is 4.79 Å². The summed E-state index contributed by atoms with van der Waals surface area (Å²) in [6.45, 7) is 0.542. The third kappa shape index (κ3) is 4.39. The fourth-order valence-corrected chi connectivity index (χ4v) is 1.94. The van der Waals surface area contributed by atoms with Crippen LogP contribution < -0.4 is 10.6 Å². The molecular formula is C11H10ClIN2O. The first-order valence-electron chi connectivity index (χ1n) is 4.52. The number of halogens is 2. The van der Waals surface area contributed by atoms with Crippen molar-refractivity contribution in [1.29, 1.82) is 0 Å². The second kappa shape index (κ2) is 6.74. The normalized spacial score (nSPS) is 9.56. The minimum atomic E-state index is -0.168. The van der Waals surface area contributed by atoms with E-state index in [-0.39, 0.29) is 12.5 Å². The largest absolute Gasteiger partial charge is 0.324 e. The van der Waals surface area contributed by atoms with E-state index in [1.54, 1.807) is 12.1 Å². The zero-order valence-electron chi connectivity index (χ0n) is 8.39. The van der Waals surface area contributed by atoms with Gasteiger partial charge in [-0.3, -0.25) is 10.1 Å². The number of benzene rings is 1. The highest BCUT2D eigenvalue weighted by Crippen LogP contribution is 2.23. The minimum absolute atomic E-state index is 0.168. The first kappa shape index (κ1) is 13.3. The molecule has 0 saturated heterocycles. The Bertz CT molecular complexity index is 428. The standard InChI is InChI=1S/C11H10ClIN2O/c1-2-5-14-7-11(16)15-10-4-3-8(13)6-9(10)12/h1,3-4,6,14H,5,7H2,(H,15,16). The Hall–Kier alpha value is -0.770. The molecule has 0 radical (unpaired) electrons. The molecule has 84 valence electrons. The molecule has 0 aromatic heterocycles. The predicted molar refractivity (Wildman–Crippen MR) is 74.5 cm³/mol. The number of carbonyl (C=O) groups is 1. The summed E-state index contributed by atoms with van der Waals surface area (Å²) in [6, 6.07) is 5.42. The average molecular weight is 349 g/mol. The van der Waals surface area contributed by atoms with E-state index in [1.807, 2.05) is 6.07 Å². The fraction of sp³-hybridized carbons (Fsp3) is 0.182. The predicted octanol–water partition coefficient (Wildman–Crippen LogP) is 2.11. The van der Waals surface area contributed by atoms with Crippen molar-refractivity contribution in [1.82, 2.24) is 5.32 Å². The Kier molecular flexibility index (Phi) is 5.60. The maximum absolute atomic E-state index is 11.4. The van der Waals surface area contributed by atoms with Gasteiger partial charge in [0.15, 0.2) is 0 Å². The highest BCUT2D eigenvalue weighted by molar-refractivity contribution is 14.1. The van der Waals surface area contributed by atoms with E-state index in [9.17, 15) is 4.79 Å². The van der Waals surface area contributed by atoms with Crippen molar-refractivity contribution < 1.29 is 4.79 Å². The van der Waals surface area contributed by atoms with Crippen molar-refractivity contribution in [3.63, 3.8) is 0 Å². The summed E-state index contributed by atoms with van der Waals surface area (Å²) in [5.74, 6) is 2.22. The molecule has 0 bridgehead atoms.